The minimum Gasteiger partial charge on any atom is -0.394 e. The average Bonchev–Trinajstić information content (AvgIpc) is 3.60. The number of allylic oxidation sites excluding steroid dienone is 1. The van der Waals surface area contributed by atoms with Gasteiger partial charge in [-0.15, -0.1) is 0 Å². The Morgan fingerprint density at radius 2 is 1.63 bits per heavy atom. The van der Waals surface area contributed by atoms with Gasteiger partial charge in [0.25, 0.3) is 0 Å². The Bertz CT molecular complexity index is 1300. The Kier molecular flexibility index (Phi) is 9.83. The van der Waals surface area contributed by atoms with E-state index in [2.05, 4.69) is 33.8 Å². The number of aliphatic hydroxyl groups excluding tert-OH is 6. The van der Waals surface area contributed by atoms with Crippen LogP contribution in [0.1, 0.15) is 92.4 Å². The molecule has 51 heavy (non-hydrogen) atoms. The van der Waals surface area contributed by atoms with Gasteiger partial charge in [0.05, 0.1) is 31.5 Å². The predicted molar refractivity (Wildman–Crippen MR) is 182 cm³/mol. The van der Waals surface area contributed by atoms with Crippen LogP contribution in [-0.2, 0) is 28.4 Å². The molecule has 1 spiro atoms. The van der Waals surface area contributed by atoms with Crippen LogP contribution in [0.15, 0.2) is 11.6 Å². The van der Waals surface area contributed by atoms with Gasteiger partial charge >= 0.3 is 0 Å². The van der Waals surface area contributed by atoms with Crippen molar-refractivity contribution in [1.82, 2.24) is 0 Å². The summed E-state index contributed by atoms with van der Waals surface area (Å²) in [5, 5.41) is 62.9. The molecule has 7 fully saturated rings. The molecule has 21 atom stereocenters. The van der Waals surface area contributed by atoms with Crippen LogP contribution in [0.4, 0.5) is 0 Å². The van der Waals surface area contributed by atoms with Crippen LogP contribution in [0, 0.1) is 46.3 Å². The summed E-state index contributed by atoms with van der Waals surface area (Å²) in [7, 11) is 0. The van der Waals surface area contributed by atoms with Crippen molar-refractivity contribution in [3.8, 4) is 0 Å². The molecule has 0 amide bonds. The summed E-state index contributed by atoms with van der Waals surface area (Å²) >= 11 is 0. The monoisotopic (exact) mass is 722 g/mol. The molecule has 12 heteroatoms. The number of aliphatic hydroxyl groups is 6. The van der Waals surface area contributed by atoms with E-state index in [-0.39, 0.29) is 23.0 Å². The van der Waals surface area contributed by atoms with Crippen LogP contribution in [0.2, 0.25) is 0 Å². The van der Waals surface area contributed by atoms with Gasteiger partial charge in [-0.3, -0.25) is 0 Å². The lowest BCUT2D eigenvalue weighted by Gasteiger charge is -2.61. The van der Waals surface area contributed by atoms with Gasteiger partial charge in [0.15, 0.2) is 18.4 Å². The molecule has 0 bridgehead atoms. The van der Waals surface area contributed by atoms with Gasteiger partial charge < -0.3 is 59.1 Å². The Hall–Kier alpha value is -0.740. The van der Waals surface area contributed by atoms with E-state index in [1.165, 1.54) is 31.8 Å². The van der Waals surface area contributed by atoms with Crippen LogP contribution < -0.4 is 0 Å². The van der Waals surface area contributed by atoms with Crippen molar-refractivity contribution in [3.05, 3.63) is 11.6 Å². The lowest BCUT2D eigenvalue weighted by Crippen LogP contribution is -2.64. The molecule has 8 rings (SSSR count). The second-order valence-corrected chi connectivity index (χ2v) is 18.3. The molecule has 21 unspecified atom stereocenters. The van der Waals surface area contributed by atoms with E-state index in [0.717, 1.165) is 38.7 Å². The van der Waals surface area contributed by atoms with E-state index < -0.39 is 73.8 Å². The topological polar surface area (TPSA) is 177 Å². The normalized spacial score (nSPS) is 58.4. The second-order valence-electron chi connectivity index (χ2n) is 18.3. The van der Waals surface area contributed by atoms with Crippen LogP contribution in [0.5, 0.6) is 0 Å². The Labute approximate surface area is 301 Å². The molecule has 6 N–H and O–H groups in total. The number of rotatable bonds is 5. The molecule has 4 heterocycles. The highest BCUT2D eigenvalue weighted by Gasteiger charge is 2.67. The van der Waals surface area contributed by atoms with Crippen LogP contribution in [-0.4, -0.2) is 123 Å². The zero-order valence-corrected chi connectivity index (χ0v) is 30.9. The SMILES string of the molecule is CC1CCC2(OC1)OC1CC3C(CCC4C5(C)CCC(OC6OC(CO)C(O)C(O)C6OC6OC(C)C(O)C(O)C6O)CC5=CCC34C)C1C2C. The van der Waals surface area contributed by atoms with E-state index in [0.29, 0.717) is 41.9 Å². The average molecular weight is 723 g/mol. The van der Waals surface area contributed by atoms with Crippen molar-refractivity contribution < 1.29 is 59.1 Å². The van der Waals surface area contributed by atoms with Crippen molar-refractivity contribution in [2.24, 2.45) is 46.3 Å². The van der Waals surface area contributed by atoms with Crippen molar-refractivity contribution in [1.29, 1.82) is 0 Å². The Morgan fingerprint density at radius 3 is 2.35 bits per heavy atom. The Balaban J connectivity index is 0.968. The largest absolute Gasteiger partial charge is 0.394 e. The lowest BCUT2D eigenvalue weighted by molar-refractivity contribution is -0.369. The van der Waals surface area contributed by atoms with Gasteiger partial charge in [0.2, 0.25) is 0 Å². The number of ether oxygens (including phenoxy) is 6. The fraction of sp³-hybridized carbons (Fsp3) is 0.949. The zero-order valence-electron chi connectivity index (χ0n) is 30.9. The summed E-state index contributed by atoms with van der Waals surface area (Å²) in [6, 6.07) is 0. The molecule has 4 aliphatic heterocycles. The second kappa shape index (κ2) is 13.5. The van der Waals surface area contributed by atoms with E-state index in [1.54, 1.807) is 0 Å². The van der Waals surface area contributed by atoms with Gasteiger partial charge in [0, 0.05) is 12.3 Å². The van der Waals surface area contributed by atoms with Gasteiger partial charge in [-0.1, -0.05) is 39.3 Å². The standard InChI is InChI=1S/C39H62O12/c1-18-8-13-39(46-17-18)19(2)28-23-6-7-27-37(4)12-10-22(14-21(37)9-11-38(27,5)24(23)15-25(28)51-39)48-36-34(32(44)30(42)26(16-40)49-36)50-35-33(45)31(43)29(41)20(3)47-35/h9,18-20,22-36,40-45H,6-8,10-17H2,1-5H3. The van der Waals surface area contributed by atoms with Gasteiger partial charge in [-0.2, -0.15) is 0 Å². The van der Waals surface area contributed by atoms with E-state index in [4.69, 9.17) is 28.4 Å². The van der Waals surface area contributed by atoms with Crippen LogP contribution in [0.3, 0.4) is 0 Å². The maximum Gasteiger partial charge on any atom is 0.187 e. The number of hydrogen-bond acceptors (Lipinski definition) is 12. The van der Waals surface area contributed by atoms with Crippen molar-refractivity contribution in [2.75, 3.05) is 13.2 Å². The highest BCUT2D eigenvalue weighted by molar-refractivity contribution is 5.28. The van der Waals surface area contributed by atoms with E-state index in [1.807, 2.05) is 0 Å². The molecule has 0 radical (unpaired) electrons. The molecular formula is C39H62O12. The Morgan fingerprint density at radius 1 is 0.843 bits per heavy atom. The van der Waals surface area contributed by atoms with Gasteiger partial charge in [-0.05, 0) is 98.7 Å². The number of hydrogen-bond donors (Lipinski definition) is 6. The van der Waals surface area contributed by atoms with Gasteiger partial charge in [-0.25, -0.2) is 0 Å². The molecule has 3 saturated carbocycles. The predicted octanol–water partition coefficient (Wildman–Crippen LogP) is 2.39. The van der Waals surface area contributed by atoms with E-state index >= 15 is 0 Å². The lowest BCUT2D eigenvalue weighted by atomic mass is 9.44. The zero-order chi connectivity index (χ0) is 36.2. The maximum atomic E-state index is 11.1. The first-order valence-corrected chi connectivity index (χ1v) is 19.8. The minimum absolute atomic E-state index is 0.0334. The third-order valence-electron chi connectivity index (χ3n) is 15.6. The summed E-state index contributed by atoms with van der Waals surface area (Å²) in [5.74, 6) is 3.01. The first-order chi connectivity index (χ1) is 24.2. The molecule has 4 aliphatic carbocycles. The van der Waals surface area contributed by atoms with Crippen molar-refractivity contribution in [3.63, 3.8) is 0 Å². The molecular weight excluding hydrogens is 660 g/mol. The summed E-state index contributed by atoms with van der Waals surface area (Å²) in [5.41, 5.74) is 1.62. The molecule has 12 nitrogen and oxygen atoms in total. The molecule has 8 aliphatic rings. The first kappa shape index (κ1) is 37.2. The van der Waals surface area contributed by atoms with Crippen LogP contribution in [0.25, 0.3) is 0 Å². The van der Waals surface area contributed by atoms with Crippen molar-refractivity contribution in [2.45, 2.75) is 172 Å². The highest BCUT2D eigenvalue weighted by atomic mass is 16.8. The van der Waals surface area contributed by atoms with Gasteiger partial charge in [0.1, 0.15) is 42.7 Å². The number of fused-ring (bicyclic) bond motifs is 7. The minimum atomic E-state index is -1.61. The third-order valence-corrected chi connectivity index (χ3v) is 15.6. The summed E-state index contributed by atoms with van der Waals surface area (Å²) in [6.45, 7) is 11.5. The smallest absolute Gasteiger partial charge is 0.187 e. The summed E-state index contributed by atoms with van der Waals surface area (Å²) in [4.78, 5) is 0. The molecule has 0 aromatic heterocycles. The molecule has 4 saturated heterocycles. The quantitative estimate of drug-likeness (QED) is 0.229. The maximum absolute atomic E-state index is 11.1. The van der Waals surface area contributed by atoms with Crippen LogP contribution >= 0.6 is 0 Å². The fourth-order valence-corrected chi connectivity index (χ4v) is 12.5. The first-order valence-electron chi connectivity index (χ1n) is 19.8. The summed E-state index contributed by atoms with van der Waals surface area (Å²) < 4.78 is 37.6. The van der Waals surface area contributed by atoms with E-state index in [9.17, 15) is 30.6 Å². The molecule has 0 aromatic rings. The fourth-order valence-electron chi connectivity index (χ4n) is 12.5. The highest BCUT2D eigenvalue weighted by Crippen LogP contribution is 2.70. The van der Waals surface area contributed by atoms with Crippen molar-refractivity contribution >= 4 is 0 Å². The molecule has 290 valence electrons. The summed E-state index contributed by atoms with van der Waals surface area (Å²) in [6.07, 6.45) is -1.69. The molecule has 0 aromatic carbocycles. The third kappa shape index (κ3) is 5.84.